The Bertz CT molecular complexity index is 378. The second-order valence-electron chi connectivity index (χ2n) is 5.48. The molecule has 5 nitrogen and oxygen atoms in total. The van der Waals surface area contributed by atoms with E-state index in [0.717, 1.165) is 31.3 Å². The molecule has 1 saturated heterocycles. The van der Waals surface area contributed by atoms with Crippen molar-refractivity contribution < 1.29 is 4.52 Å². The van der Waals surface area contributed by atoms with Crippen LogP contribution in [0.4, 0.5) is 0 Å². The average molecular weight is 236 g/mol. The largest absolute Gasteiger partial charge is 0.338 e. The van der Waals surface area contributed by atoms with Gasteiger partial charge in [-0.3, -0.25) is 4.90 Å². The zero-order chi connectivity index (χ0) is 11.8. The predicted octanol–water partition coefficient (Wildman–Crippen LogP) is 1.13. The normalized spacial score (nSPS) is 30.7. The molecule has 94 valence electrons. The summed E-state index contributed by atoms with van der Waals surface area (Å²) >= 11 is 0. The number of hydrogen-bond donors (Lipinski definition) is 1. The first-order valence-corrected chi connectivity index (χ1v) is 6.51. The first-order valence-electron chi connectivity index (χ1n) is 6.51. The third kappa shape index (κ3) is 2.66. The number of hydrogen-bond acceptors (Lipinski definition) is 5. The van der Waals surface area contributed by atoms with Gasteiger partial charge in [-0.2, -0.15) is 4.98 Å². The third-order valence-corrected chi connectivity index (χ3v) is 3.42. The molecule has 1 aliphatic carbocycles. The number of piperazine rings is 1. The van der Waals surface area contributed by atoms with Gasteiger partial charge in [0.1, 0.15) is 0 Å². The minimum atomic E-state index is 0.532. The van der Waals surface area contributed by atoms with Crippen LogP contribution in [0.1, 0.15) is 44.3 Å². The van der Waals surface area contributed by atoms with Gasteiger partial charge in [0, 0.05) is 31.1 Å². The minimum Gasteiger partial charge on any atom is -0.338 e. The molecule has 1 aliphatic heterocycles. The lowest BCUT2D eigenvalue weighted by molar-refractivity contribution is 0.149. The van der Waals surface area contributed by atoms with Crippen LogP contribution in [0.2, 0.25) is 0 Å². The molecular weight excluding hydrogens is 216 g/mol. The Morgan fingerprint density at radius 3 is 2.65 bits per heavy atom. The summed E-state index contributed by atoms with van der Waals surface area (Å²) in [6, 6.07) is 1.06. The molecule has 1 N–H and O–H groups in total. The van der Waals surface area contributed by atoms with Gasteiger partial charge in [0.25, 0.3) is 0 Å². The molecule has 1 aromatic rings. The Morgan fingerprint density at radius 1 is 1.29 bits per heavy atom. The van der Waals surface area contributed by atoms with E-state index in [0.29, 0.717) is 18.0 Å². The van der Waals surface area contributed by atoms with Crippen molar-refractivity contribution in [2.45, 2.75) is 51.2 Å². The highest BCUT2D eigenvalue weighted by Crippen LogP contribution is 2.38. The molecule has 5 heteroatoms. The topological polar surface area (TPSA) is 54.2 Å². The van der Waals surface area contributed by atoms with Gasteiger partial charge >= 0.3 is 0 Å². The van der Waals surface area contributed by atoms with Crippen LogP contribution in [-0.2, 0) is 6.54 Å². The highest BCUT2D eigenvalue weighted by Gasteiger charge is 2.29. The monoisotopic (exact) mass is 236 g/mol. The van der Waals surface area contributed by atoms with Crippen molar-refractivity contribution in [2.24, 2.45) is 0 Å². The maximum absolute atomic E-state index is 5.32. The van der Waals surface area contributed by atoms with Crippen molar-refractivity contribution in [1.29, 1.82) is 0 Å². The molecule has 0 aromatic carbocycles. The van der Waals surface area contributed by atoms with Gasteiger partial charge in [-0.25, -0.2) is 0 Å². The average Bonchev–Trinajstić information content (AvgIpc) is 2.99. The van der Waals surface area contributed by atoms with Crippen molar-refractivity contribution in [3.63, 3.8) is 0 Å². The lowest BCUT2D eigenvalue weighted by Gasteiger charge is -2.35. The standard InChI is InChI=1S/C12H20N4O/c1-8-5-16(6-9(2)13-8)7-11-14-12(15-17-11)10-3-4-10/h8-10,13H,3-7H2,1-2H3. The van der Waals surface area contributed by atoms with E-state index in [-0.39, 0.29) is 0 Å². The second kappa shape index (κ2) is 4.38. The van der Waals surface area contributed by atoms with Gasteiger partial charge in [0.15, 0.2) is 5.82 Å². The molecule has 0 bridgehead atoms. The highest BCUT2D eigenvalue weighted by atomic mass is 16.5. The van der Waals surface area contributed by atoms with Crippen LogP contribution in [0, 0.1) is 0 Å². The van der Waals surface area contributed by atoms with Crippen molar-refractivity contribution >= 4 is 0 Å². The summed E-state index contributed by atoms with van der Waals surface area (Å²) in [6.07, 6.45) is 2.45. The van der Waals surface area contributed by atoms with Crippen LogP contribution < -0.4 is 5.32 Å². The van der Waals surface area contributed by atoms with Crippen LogP contribution in [0.15, 0.2) is 4.52 Å². The van der Waals surface area contributed by atoms with Crippen molar-refractivity contribution in [2.75, 3.05) is 13.1 Å². The maximum atomic E-state index is 5.32. The Kier molecular flexibility index (Phi) is 2.88. The molecular formula is C12H20N4O. The lowest BCUT2D eigenvalue weighted by Crippen LogP contribution is -2.53. The molecule has 3 rings (SSSR count). The Balaban J connectivity index is 1.60. The smallest absolute Gasteiger partial charge is 0.240 e. The van der Waals surface area contributed by atoms with Crippen molar-refractivity contribution in [1.82, 2.24) is 20.4 Å². The zero-order valence-electron chi connectivity index (χ0n) is 10.5. The van der Waals surface area contributed by atoms with Crippen molar-refractivity contribution in [3.8, 4) is 0 Å². The fourth-order valence-electron chi connectivity index (χ4n) is 2.60. The second-order valence-corrected chi connectivity index (χ2v) is 5.48. The van der Waals surface area contributed by atoms with Gasteiger partial charge in [0.05, 0.1) is 6.54 Å². The van der Waals surface area contributed by atoms with Crippen LogP contribution in [0.25, 0.3) is 0 Å². The first-order chi connectivity index (χ1) is 8.20. The summed E-state index contributed by atoms with van der Waals surface area (Å²) in [5.74, 6) is 2.26. The van der Waals surface area contributed by atoms with Crippen LogP contribution in [-0.4, -0.2) is 40.2 Å². The molecule has 0 amide bonds. The molecule has 2 fully saturated rings. The summed E-state index contributed by atoms with van der Waals surface area (Å²) in [7, 11) is 0. The van der Waals surface area contributed by atoms with Gasteiger partial charge < -0.3 is 9.84 Å². The Labute approximate surface area is 102 Å². The quantitative estimate of drug-likeness (QED) is 0.852. The van der Waals surface area contributed by atoms with Crippen molar-refractivity contribution in [3.05, 3.63) is 11.7 Å². The molecule has 2 atom stereocenters. The van der Waals surface area contributed by atoms with Crippen LogP contribution in [0.3, 0.4) is 0 Å². The SMILES string of the molecule is CC1CN(Cc2nc(C3CC3)no2)CC(C)N1. The van der Waals surface area contributed by atoms with Gasteiger partial charge in [-0.15, -0.1) is 0 Å². The van der Waals surface area contributed by atoms with Gasteiger partial charge in [-0.05, 0) is 26.7 Å². The number of nitrogens with zero attached hydrogens (tertiary/aromatic N) is 3. The molecule has 17 heavy (non-hydrogen) atoms. The molecule has 2 heterocycles. The van der Waals surface area contributed by atoms with Crippen LogP contribution >= 0.6 is 0 Å². The van der Waals surface area contributed by atoms with E-state index in [4.69, 9.17) is 4.52 Å². The predicted molar refractivity (Wildman–Crippen MR) is 63.6 cm³/mol. The zero-order valence-corrected chi connectivity index (χ0v) is 10.5. The summed E-state index contributed by atoms with van der Waals surface area (Å²) < 4.78 is 5.32. The van der Waals surface area contributed by atoms with E-state index in [2.05, 4.69) is 34.2 Å². The van der Waals surface area contributed by atoms with Gasteiger partial charge in [0.2, 0.25) is 5.89 Å². The van der Waals surface area contributed by atoms with E-state index in [9.17, 15) is 0 Å². The summed E-state index contributed by atoms with van der Waals surface area (Å²) in [5, 5.41) is 7.57. The van der Waals surface area contributed by atoms with E-state index < -0.39 is 0 Å². The number of rotatable bonds is 3. The molecule has 0 spiro atoms. The molecule has 2 unspecified atom stereocenters. The number of aromatic nitrogens is 2. The Hall–Kier alpha value is -0.940. The molecule has 1 saturated carbocycles. The fraction of sp³-hybridized carbons (Fsp3) is 0.833. The lowest BCUT2D eigenvalue weighted by atomic mass is 10.1. The molecule has 0 radical (unpaired) electrons. The highest BCUT2D eigenvalue weighted by molar-refractivity contribution is 5.03. The maximum Gasteiger partial charge on any atom is 0.240 e. The number of nitrogens with one attached hydrogen (secondary N) is 1. The fourth-order valence-corrected chi connectivity index (χ4v) is 2.60. The molecule has 2 aliphatic rings. The van der Waals surface area contributed by atoms with Gasteiger partial charge in [-0.1, -0.05) is 5.16 Å². The Morgan fingerprint density at radius 2 is 2.00 bits per heavy atom. The van der Waals surface area contributed by atoms with E-state index >= 15 is 0 Å². The summed E-state index contributed by atoms with van der Waals surface area (Å²) in [4.78, 5) is 6.86. The first kappa shape index (κ1) is 11.2. The third-order valence-electron chi connectivity index (χ3n) is 3.42. The molecule has 1 aromatic heterocycles. The summed E-state index contributed by atoms with van der Waals surface area (Å²) in [5.41, 5.74) is 0. The van der Waals surface area contributed by atoms with E-state index in [1.807, 2.05) is 0 Å². The van der Waals surface area contributed by atoms with Crippen LogP contribution in [0.5, 0.6) is 0 Å². The van der Waals surface area contributed by atoms with E-state index in [1.165, 1.54) is 12.8 Å². The van der Waals surface area contributed by atoms with E-state index in [1.54, 1.807) is 0 Å². The summed E-state index contributed by atoms with van der Waals surface area (Å²) in [6.45, 7) is 7.31. The minimum absolute atomic E-state index is 0.532.